The summed E-state index contributed by atoms with van der Waals surface area (Å²) in [5.74, 6) is 12.3. The van der Waals surface area contributed by atoms with Crippen LogP contribution in [0.25, 0.3) is 10.8 Å². The van der Waals surface area contributed by atoms with Crippen LogP contribution in [0.3, 0.4) is 0 Å². The summed E-state index contributed by atoms with van der Waals surface area (Å²) in [6.45, 7) is 4.42. The largest absolute Gasteiger partial charge is 0.205 e. The van der Waals surface area contributed by atoms with Crippen LogP contribution in [0.15, 0.2) is 78.9 Å². The zero-order valence-corrected chi connectivity index (χ0v) is 21.3. The Morgan fingerprint density at radius 3 is 1.75 bits per heavy atom. The van der Waals surface area contributed by atoms with Crippen LogP contribution < -0.4 is 0 Å². The van der Waals surface area contributed by atoms with Crippen molar-refractivity contribution in [2.24, 2.45) is 0 Å². The Kier molecular flexibility index (Phi) is 8.97. The molecule has 4 aromatic rings. The first kappa shape index (κ1) is 25.3. The lowest BCUT2D eigenvalue weighted by atomic mass is 10.0. The van der Waals surface area contributed by atoms with Gasteiger partial charge in [-0.1, -0.05) is 93.2 Å². The summed E-state index contributed by atoms with van der Waals surface area (Å²) in [4.78, 5) is 0. The fourth-order valence-electron chi connectivity index (χ4n) is 4.22. The van der Waals surface area contributed by atoms with Crippen LogP contribution in [0, 0.1) is 29.5 Å². The molecule has 0 saturated heterocycles. The molecule has 4 aromatic carbocycles. The summed E-state index contributed by atoms with van der Waals surface area (Å²) in [6.07, 6.45) is 8.31. The second-order valence-electron chi connectivity index (χ2n) is 9.32. The van der Waals surface area contributed by atoms with Crippen molar-refractivity contribution in [2.75, 3.05) is 0 Å². The molecule has 0 unspecified atom stereocenters. The number of rotatable bonds is 7. The van der Waals surface area contributed by atoms with E-state index in [-0.39, 0.29) is 5.82 Å². The Hall–Kier alpha value is -3.81. The summed E-state index contributed by atoms with van der Waals surface area (Å²) in [5, 5.41) is 1.40. The zero-order valence-electron chi connectivity index (χ0n) is 21.3. The normalized spacial score (nSPS) is 10.4. The second-order valence-corrected chi connectivity index (χ2v) is 9.32. The molecule has 0 atom stereocenters. The van der Waals surface area contributed by atoms with Gasteiger partial charge in [0.25, 0.3) is 0 Å². The maximum atomic E-state index is 15.2. The fourth-order valence-corrected chi connectivity index (χ4v) is 4.22. The minimum atomic E-state index is -0.280. The van der Waals surface area contributed by atoms with Crippen molar-refractivity contribution < 1.29 is 4.39 Å². The molecule has 0 fully saturated rings. The number of aryl methyl sites for hydroxylation is 2. The van der Waals surface area contributed by atoms with Gasteiger partial charge in [0.05, 0.1) is 5.56 Å². The van der Waals surface area contributed by atoms with Crippen LogP contribution in [0.5, 0.6) is 0 Å². The molecule has 180 valence electrons. The summed E-state index contributed by atoms with van der Waals surface area (Å²) in [6, 6.07) is 26.1. The monoisotopic (exact) mass is 472 g/mol. The van der Waals surface area contributed by atoms with Crippen molar-refractivity contribution in [2.45, 2.75) is 58.8 Å². The smallest absolute Gasteiger partial charge is 0.146 e. The maximum absolute atomic E-state index is 15.2. The first-order valence-electron chi connectivity index (χ1n) is 13.1. The molecule has 0 spiro atoms. The van der Waals surface area contributed by atoms with E-state index in [1.807, 2.05) is 30.3 Å². The molecular formula is C35H33F. The Bertz CT molecular complexity index is 1420. The molecule has 4 rings (SSSR count). The Labute approximate surface area is 215 Å². The first-order chi connectivity index (χ1) is 17.7. The van der Waals surface area contributed by atoms with E-state index in [0.717, 1.165) is 34.9 Å². The summed E-state index contributed by atoms with van der Waals surface area (Å²) >= 11 is 0. The molecule has 0 N–H and O–H groups in total. The van der Waals surface area contributed by atoms with Gasteiger partial charge in [-0.05, 0) is 84.7 Å². The molecule has 0 aliphatic heterocycles. The van der Waals surface area contributed by atoms with E-state index in [9.17, 15) is 0 Å². The first-order valence-corrected chi connectivity index (χ1v) is 13.1. The van der Waals surface area contributed by atoms with E-state index in [1.165, 1.54) is 43.2 Å². The van der Waals surface area contributed by atoms with E-state index in [1.54, 1.807) is 12.1 Å². The molecule has 0 saturated carbocycles. The van der Waals surface area contributed by atoms with Gasteiger partial charge in [0.15, 0.2) is 0 Å². The fraction of sp³-hybridized carbons (Fsp3) is 0.257. The van der Waals surface area contributed by atoms with Crippen LogP contribution in [-0.4, -0.2) is 0 Å². The van der Waals surface area contributed by atoms with Crippen molar-refractivity contribution in [3.05, 3.63) is 118 Å². The number of unbranched alkanes of at least 4 members (excludes halogenated alkanes) is 3. The maximum Gasteiger partial charge on any atom is 0.146 e. The van der Waals surface area contributed by atoms with Crippen LogP contribution >= 0.6 is 0 Å². The van der Waals surface area contributed by atoms with Crippen molar-refractivity contribution in [3.8, 4) is 23.7 Å². The van der Waals surface area contributed by atoms with Gasteiger partial charge in [0, 0.05) is 22.1 Å². The molecule has 0 aliphatic rings. The van der Waals surface area contributed by atoms with Crippen molar-refractivity contribution >= 4 is 10.8 Å². The lowest BCUT2D eigenvalue weighted by Gasteiger charge is -2.03. The number of hydrogen-bond donors (Lipinski definition) is 0. The van der Waals surface area contributed by atoms with Gasteiger partial charge in [0.2, 0.25) is 0 Å². The van der Waals surface area contributed by atoms with Gasteiger partial charge in [-0.3, -0.25) is 0 Å². The summed E-state index contributed by atoms with van der Waals surface area (Å²) in [5.41, 5.74) is 5.85. The third kappa shape index (κ3) is 6.87. The minimum absolute atomic E-state index is 0.280. The van der Waals surface area contributed by atoms with Gasteiger partial charge < -0.3 is 0 Å². The van der Waals surface area contributed by atoms with Crippen molar-refractivity contribution in [1.82, 2.24) is 0 Å². The second kappa shape index (κ2) is 12.8. The summed E-state index contributed by atoms with van der Waals surface area (Å²) < 4.78 is 15.2. The summed E-state index contributed by atoms with van der Waals surface area (Å²) in [7, 11) is 0. The Morgan fingerprint density at radius 1 is 0.556 bits per heavy atom. The predicted molar refractivity (Wildman–Crippen MR) is 151 cm³/mol. The highest BCUT2D eigenvalue weighted by Crippen LogP contribution is 2.22. The molecule has 0 aromatic heterocycles. The molecule has 0 aliphatic carbocycles. The Balaban J connectivity index is 1.47. The highest BCUT2D eigenvalue weighted by atomic mass is 19.1. The number of benzene rings is 4. The predicted octanol–water partition coefficient (Wildman–Crippen LogP) is 8.85. The van der Waals surface area contributed by atoms with Gasteiger partial charge in [-0.2, -0.15) is 0 Å². The quantitative estimate of drug-likeness (QED) is 0.186. The van der Waals surface area contributed by atoms with Crippen LogP contribution in [0.2, 0.25) is 0 Å². The molecule has 0 radical (unpaired) electrons. The van der Waals surface area contributed by atoms with Crippen LogP contribution in [0.4, 0.5) is 4.39 Å². The third-order valence-electron chi connectivity index (χ3n) is 6.44. The third-order valence-corrected chi connectivity index (χ3v) is 6.44. The SMILES string of the molecule is CCCCCc1ccc(C#Cc2ccc3c(F)c(C#Cc4ccc(CCCC)cc4)ccc3c2)cc1. The molecule has 36 heavy (non-hydrogen) atoms. The van der Waals surface area contributed by atoms with Gasteiger partial charge in [-0.25, -0.2) is 4.39 Å². The lowest BCUT2D eigenvalue weighted by molar-refractivity contribution is 0.636. The Morgan fingerprint density at radius 2 is 1.11 bits per heavy atom. The lowest BCUT2D eigenvalue weighted by Crippen LogP contribution is -1.88. The van der Waals surface area contributed by atoms with Crippen molar-refractivity contribution in [1.29, 1.82) is 0 Å². The minimum Gasteiger partial charge on any atom is -0.205 e. The van der Waals surface area contributed by atoms with E-state index in [2.05, 4.69) is 73.9 Å². The standard InChI is InChI=1S/C35H33F/c1-3-5-7-9-28-12-14-29(15-13-28)18-19-31-21-25-34-33(26-31)24-23-32(35(34)36)22-20-30-16-10-27(11-17-30)8-6-4-2/h10-17,21,23-26H,3-9H2,1-2H3. The highest BCUT2D eigenvalue weighted by Gasteiger charge is 2.06. The van der Waals surface area contributed by atoms with E-state index < -0.39 is 0 Å². The highest BCUT2D eigenvalue weighted by molar-refractivity contribution is 5.86. The molecule has 0 heterocycles. The topological polar surface area (TPSA) is 0 Å². The van der Waals surface area contributed by atoms with Crippen LogP contribution in [0.1, 0.15) is 79.3 Å². The van der Waals surface area contributed by atoms with Crippen molar-refractivity contribution in [3.63, 3.8) is 0 Å². The van der Waals surface area contributed by atoms with E-state index >= 15 is 4.39 Å². The molecule has 0 amide bonds. The molecule has 0 bridgehead atoms. The average molecular weight is 473 g/mol. The molecular weight excluding hydrogens is 439 g/mol. The van der Waals surface area contributed by atoms with E-state index in [4.69, 9.17) is 0 Å². The average Bonchev–Trinajstić information content (AvgIpc) is 2.92. The number of fused-ring (bicyclic) bond motifs is 1. The van der Waals surface area contributed by atoms with Gasteiger partial charge in [0.1, 0.15) is 5.82 Å². The van der Waals surface area contributed by atoms with E-state index in [0.29, 0.717) is 10.9 Å². The van der Waals surface area contributed by atoms with Gasteiger partial charge >= 0.3 is 0 Å². The molecule has 0 nitrogen and oxygen atoms in total. The van der Waals surface area contributed by atoms with Gasteiger partial charge in [-0.15, -0.1) is 0 Å². The number of halogens is 1. The molecule has 1 heteroatoms. The number of hydrogen-bond acceptors (Lipinski definition) is 0. The van der Waals surface area contributed by atoms with Crippen LogP contribution in [-0.2, 0) is 12.8 Å². The zero-order chi connectivity index (χ0) is 25.2.